The van der Waals surface area contributed by atoms with Gasteiger partial charge in [-0.2, -0.15) is 0 Å². The van der Waals surface area contributed by atoms with Crippen molar-refractivity contribution in [2.24, 2.45) is 0 Å². The number of nitrogens with one attached hydrogen (secondary N) is 1. The number of methoxy groups -OCH3 is 1. The van der Waals surface area contributed by atoms with Gasteiger partial charge in [-0.15, -0.1) is 0 Å². The number of aryl methyl sites for hydroxylation is 2. The van der Waals surface area contributed by atoms with E-state index in [4.69, 9.17) is 30.2 Å². The first-order valence-corrected chi connectivity index (χ1v) is 10.1. The van der Waals surface area contributed by atoms with E-state index in [1.807, 2.05) is 13.8 Å². The Labute approximate surface area is 189 Å². The summed E-state index contributed by atoms with van der Waals surface area (Å²) in [6.07, 6.45) is 0. The zero-order valence-electron chi connectivity index (χ0n) is 17.8. The average Bonchev–Trinajstić information content (AvgIpc) is 2.75. The van der Waals surface area contributed by atoms with Gasteiger partial charge in [-0.1, -0.05) is 11.6 Å². The molecule has 0 saturated heterocycles. The van der Waals surface area contributed by atoms with Crippen LogP contribution in [0.25, 0.3) is 11.0 Å². The van der Waals surface area contributed by atoms with Gasteiger partial charge in [-0.3, -0.25) is 4.79 Å². The minimum absolute atomic E-state index is 0.125. The first-order chi connectivity index (χ1) is 15.3. The van der Waals surface area contributed by atoms with Crippen LogP contribution in [0.2, 0.25) is 5.02 Å². The molecule has 2 aromatic carbocycles. The molecule has 1 N–H and O–H groups in total. The summed E-state index contributed by atoms with van der Waals surface area (Å²) in [7, 11) is 1.51. The summed E-state index contributed by atoms with van der Waals surface area (Å²) in [5.74, 6) is -0.513. The number of carbonyl (C=O) groups is 2. The molecule has 0 unspecified atom stereocenters. The van der Waals surface area contributed by atoms with Crippen molar-refractivity contribution in [1.82, 2.24) is 5.32 Å². The van der Waals surface area contributed by atoms with Crippen LogP contribution < -0.4 is 20.4 Å². The summed E-state index contributed by atoms with van der Waals surface area (Å²) in [6.45, 7) is 3.96. The molecule has 0 bridgehead atoms. The number of hydrogen-bond acceptors (Lipinski definition) is 7. The Morgan fingerprint density at radius 2 is 1.78 bits per heavy atom. The summed E-state index contributed by atoms with van der Waals surface area (Å²) < 4.78 is 20.8. The van der Waals surface area contributed by atoms with Gasteiger partial charge in [0.05, 0.1) is 6.61 Å². The van der Waals surface area contributed by atoms with Gasteiger partial charge >= 0.3 is 11.6 Å². The van der Waals surface area contributed by atoms with Gasteiger partial charge in [0.2, 0.25) is 0 Å². The van der Waals surface area contributed by atoms with E-state index in [1.165, 1.54) is 25.3 Å². The molecular formula is C23H22ClNO7. The normalized spacial score (nSPS) is 10.8. The van der Waals surface area contributed by atoms with E-state index in [2.05, 4.69) is 5.32 Å². The van der Waals surface area contributed by atoms with E-state index < -0.39 is 17.5 Å². The summed E-state index contributed by atoms with van der Waals surface area (Å²) in [6, 6.07) is 9.40. The van der Waals surface area contributed by atoms with Crippen molar-refractivity contribution < 1.29 is 28.2 Å². The lowest BCUT2D eigenvalue weighted by molar-refractivity contribution is -0.136. The van der Waals surface area contributed by atoms with Gasteiger partial charge in [-0.05, 0) is 55.3 Å². The highest BCUT2D eigenvalue weighted by atomic mass is 35.5. The Kier molecular flexibility index (Phi) is 7.50. The molecule has 0 radical (unpaired) electrons. The lowest BCUT2D eigenvalue weighted by atomic mass is 10.1. The molecule has 0 fully saturated rings. The van der Waals surface area contributed by atoms with E-state index in [1.54, 1.807) is 18.2 Å². The third kappa shape index (κ3) is 5.66. The van der Waals surface area contributed by atoms with Crippen molar-refractivity contribution in [3.8, 4) is 11.5 Å². The summed E-state index contributed by atoms with van der Waals surface area (Å²) in [5, 5.41) is 3.72. The maximum absolute atomic E-state index is 12.2. The first-order valence-electron chi connectivity index (χ1n) is 9.73. The quantitative estimate of drug-likeness (QED) is 0.238. The van der Waals surface area contributed by atoms with Crippen LogP contribution in [0.5, 0.6) is 11.5 Å². The molecule has 1 aromatic heterocycles. The molecule has 168 valence electrons. The number of carbonyl (C=O) groups excluding carboxylic acids is 2. The largest absolute Gasteiger partial charge is 0.482 e. The van der Waals surface area contributed by atoms with Crippen LogP contribution in [-0.2, 0) is 9.53 Å². The predicted octanol–water partition coefficient (Wildman–Crippen LogP) is 3.42. The van der Waals surface area contributed by atoms with Crippen molar-refractivity contribution in [3.63, 3.8) is 0 Å². The van der Waals surface area contributed by atoms with Gasteiger partial charge in [0.15, 0.2) is 6.61 Å². The Hall–Kier alpha value is -3.36. The average molecular weight is 460 g/mol. The van der Waals surface area contributed by atoms with E-state index >= 15 is 0 Å². The highest BCUT2D eigenvalue weighted by Gasteiger charge is 2.15. The topological polar surface area (TPSA) is 104 Å². The van der Waals surface area contributed by atoms with Gasteiger partial charge in [0, 0.05) is 30.1 Å². The zero-order valence-corrected chi connectivity index (χ0v) is 18.6. The molecule has 1 amide bonds. The molecule has 1 heterocycles. The van der Waals surface area contributed by atoms with Gasteiger partial charge in [-0.25, -0.2) is 9.59 Å². The fraction of sp³-hybridized carbons (Fsp3) is 0.261. The molecule has 0 aliphatic carbocycles. The molecular weight excluding hydrogens is 438 g/mol. The van der Waals surface area contributed by atoms with Crippen LogP contribution in [0.15, 0.2) is 45.6 Å². The molecule has 3 aromatic rings. The second kappa shape index (κ2) is 10.3. The maximum atomic E-state index is 12.2. The van der Waals surface area contributed by atoms with Crippen LogP contribution >= 0.6 is 11.6 Å². The fourth-order valence-corrected chi connectivity index (χ4v) is 3.08. The summed E-state index contributed by atoms with van der Waals surface area (Å²) >= 11 is 6.13. The molecule has 0 spiro atoms. The van der Waals surface area contributed by atoms with Gasteiger partial charge in [0.25, 0.3) is 5.91 Å². The summed E-state index contributed by atoms with van der Waals surface area (Å²) in [5.41, 5.74) is 0.935. The van der Waals surface area contributed by atoms with E-state index in [-0.39, 0.29) is 30.0 Å². The minimum Gasteiger partial charge on any atom is -0.482 e. The molecule has 32 heavy (non-hydrogen) atoms. The van der Waals surface area contributed by atoms with Crippen molar-refractivity contribution in [1.29, 1.82) is 0 Å². The van der Waals surface area contributed by atoms with E-state index in [0.29, 0.717) is 22.8 Å². The fourth-order valence-electron chi connectivity index (χ4n) is 2.97. The minimum atomic E-state index is -0.798. The van der Waals surface area contributed by atoms with Crippen molar-refractivity contribution in [2.45, 2.75) is 13.8 Å². The van der Waals surface area contributed by atoms with Crippen LogP contribution in [0.4, 0.5) is 0 Å². The maximum Gasteiger partial charge on any atom is 0.349 e. The molecule has 8 nitrogen and oxygen atoms in total. The number of esters is 1. The second-order valence-corrected chi connectivity index (χ2v) is 7.41. The number of rotatable bonds is 8. The molecule has 0 saturated carbocycles. The van der Waals surface area contributed by atoms with Crippen molar-refractivity contribution >= 4 is 34.4 Å². The molecule has 9 heteroatoms. The predicted molar refractivity (Wildman–Crippen MR) is 119 cm³/mol. The molecule has 3 rings (SSSR count). The monoisotopic (exact) mass is 459 g/mol. The standard InChI is InChI=1S/C23H22ClNO7/c1-13-8-17(9-14(2)21(13)24)30-12-20(26)31-16-5-4-15-10-18(22(27)25-6-7-29-3)23(28)32-19(15)11-16/h4-5,8-11H,6-7,12H2,1-3H3,(H,25,27). The number of benzene rings is 2. The SMILES string of the molecule is COCCNC(=O)c1cc2ccc(OC(=O)COc3cc(C)c(Cl)c(C)c3)cc2oc1=O. The highest BCUT2D eigenvalue weighted by molar-refractivity contribution is 6.32. The number of halogens is 1. The Morgan fingerprint density at radius 3 is 2.47 bits per heavy atom. The van der Waals surface area contributed by atoms with Crippen molar-refractivity contribution in [3.05, 3.63) is 68.5 Å². The first kappa shape index (κ1) is 23.3. The molecule has 0 atom stereocenters. The zero-order chi connectivity index (χ0) is 23.3. The number of ether oxygens (including phenoxy) is 3. The third-order valence-corrected chi connectivity index (χ3v) is 5.14. The van der Waals surface area contributed by atoms with Crippen LogP contribution in [0.3, 0.4) is 0 Å². The Bertz CT molecular complexity index is 1200. The lowest BCUT2D eigenvalue weighted by Crippen LogP contribution is -2.30. The number of fused-ring (bicyclic) bond motifs is 1. The van der Waals surface area contributed by atoms with E-state index in [0.717, 1.165) is 11.1 Å². The molecule has 0 aliphatic rings. The Morgan fingerprint density at radius 1 is 1.06 bits per heavy atom. The third-order valence-electron chi connectivity index (χ3n) is 4.54. The number of hydrogen-bond donors (Lipinski definition) is 1. The van der Waals surface area contributed by atoms with Crippen LogP contribution in [0.1, 0.15) is 21.5 Å². The smallest absolute Gasteiger partial charge is 0.349 e. The lowest BCUT2D eigenvalue weighted by Gasteiger charge is -2.10. The van der Waals surface area contributed by atoms with E-state index in [9.17, 15) is 14.4 Å². The molecule has 0 aliphatic heterocycles. The summed E-state index contributed by atoms with van der Waals surface area (Å²) in [4.78, 5) is 36.5. The Balaban J connectivity index is 1.67. The van der Waals surface area contributed by atoms with Crippen molar-refractivity contribution in [2.75, 3.05) is 26.9 Å². The second-order valence-electron chi connectivity index (χ2n) is 7.03. The van der Waals surface area contributed by atoms with Crippen LogP contribution in [0, 0.1) is 13.8 Å². The van der Waals surface area contributed by atoms with Crippen LogP contribution in [-0.4, -0.2) is 38.7 Å². The highest BCUT2D eigenvalue weighted by Crippen LogP contribution is 2.26. The van der Waals surface area contributed by atoms with Gasteiger partial charge in [0.1, 0.15) is 22.6 Å². The number of amides is 1. The van der Waals surface area contributed by atoms with Gasteiger partial charge < -0.3 is 23.9 Å².